The van der Waals surface area contributed by atoms with Crippen molar-refractivity contribution in [3.05, 3.63) is 34.2 Å². The normalized spacial score (nSPS) is 10.4. The van der Waals surface area contributed by atoms with Crippen molar-refractivity contribution in [2.24, 2.45) is 0 Å². The first-order chi connectivity index (χ1) is 8.11. The third kappa shape index (κ3) is 2.29. The van der Waals surface area contributed by atoms with Gasteiger partial charge in [0.1, 0.15) is 5.65 Å². The number of rotatable bonds is 3. The summed E-state index contributed by atoms with van der Waals surface area (Å²) < 4.78 is 2.60. The molecule has 17 heavy (non-hydrogen) atoms. The molecule has 0 radical (unpaired) electrons. The number of carbonyl (C=O) groups is 1. The summed E-state index contributed by atoms with van der Waals surface area (Å²) in [4.78, 5) is 15.0. The molecule has 86 valence electrons. The minimum absolute atomic E-state index is 0.144. The maximum atomic E-state index is 10.7. The molecule has 0 atom stereocenters. The lowest BCUT2D eigenvalue weighted by atomic mass is 10.2. The van der Waals surface area contributed by atoms with E-state index in [2.05, 4.69) is 20.9 Å². The van der Waals surface area contributed by atoms with Crippen LogP contribution in [0.4, 0.5) is 0 Å². The summed E-state index contributed by atoms with van der Waals surface area (Å²) in [7, 11) is 0. The van der Waals surface area contributed by atoms with Gasteiger partial charge in [-0.25, -0.2) is 4.98 Å². The van der Waals surface area contributed by atoms with Gasteiger partial charge < -0.3 is 9.51 Å². The molecule has 1 N–H and O–H groups in total. The van der Waals surface area contributed by atoms with Crippen molar-refractivity contribution in [3.63, 3.8) is 0 Å². The van der Waals surface area contributed by atoms with E-state index in [-0.39, 0.29) is 12.8 Å². The molecule has 2 rings (SSSR count). The van der Waals surface area contributed by atoms with E-state index in [1.165, 1.54) is 0 Å². The molecule has 0 unspecified atom stereocenters. The molecule has 0 bridgehead atoms. The summed E-state index contributed by atoms with van der Waals surface area (Å²) in [6.07, 6.45) is 1.74. The van der Waals surface area contributed by atoms with Gasteiger partial charge in [-0.15, -0.1) is 0 Å². The molecule has 2 aromatic rings. The second kappa shape index (κ2) is 4.55. The molecule has 0 fully saturated rings. The van der Waals surface area contributed by atoms with Crippen LogP contribution in [0.15, 0.2) is 22.8 Å². The van der Waals surface area contributed by atoms with E-state index in [1.54, 1.807) is 16.7 Å². The molecule has 0 aliphatic heterocycles. The van der Waals surface area contributed by atoms with Crippen molar-refractivity contribution in [1.82, 2.24) is 9.38 Å². The van der Waals surface area contributed by atoms with Crippen LogP contribution in [-0.4, -0.2) is 20.5 Å². The van der Waals surface area contributed by atoms with Crippen LogP contribution in [0.5, 0.6) is 0 Å². The number of pyridine rings is 1. The first-order valence-corrected chi connectivity index (χ1v) is 5.65. The average molecular weight is 294 g/mol. The maximum Gasteiger partial charge on any atom is 0.309 e. The van der Waals surface area contributed by atoms with E-state index in [0.29, 0.717) is 17.0 Å². The quantitative estimate of drug-likeness (QED) is 0.936. The molecule has 2 aromatic heterocycles. The predicted molar refractivity (Wildman–Crippen MR) is 63.5 cm³/mol. The van der Waals surface area contributed by atoms with Gasteiger partial charge in [-0.3, -0.25) is 4.79 Å². The van der Waals surface area contributed by atoms with E-state index in [1.807, 2.05) is 12.1 Å². The minimum atomic E-state index is -0.952. The van der Waals surface area contributed by atoms with E-state index in [0.717, 1.165) is 4.47 Å². The summed E-state index contributed by atoms with van der Waals surface area (Å²) in [6, 6.07) is 5.63. The molecular formula is C11H8BrN3O2. The number of nitriles is 1. The highest BCUT2D eigenvalue weighted by atomic mass is 79.9. The number of nitrogens with zero attached hydrogens (tertiary/aromatic N) is 3. The first-order valence-electron chi connectivity index (χ1n) is 4.86. The fourth-order valence-electron chi connectivity index (χ4n) is 1.67. The summed E-state index contributed by atoms with van der Waals surface area (Å²) in [5, 5.41) is 17.6. The van der Waals surface area contributed by atoms with E-state index in [9.17, 15) is 4.79 Å². The Labute approximate surface area is 105 Å². The third-order valence-corrected chi connectivity index (χ3v) is 2.83. The standard InChI is InChI=1S/C11H8BrN3O2/c12-7-2-4-15-9(1-3-13)8(6-11(16)17)14-10(15)5-7/h2,4-5H,1,6H2,(H,16,17). The number of carboxylic acids is 1. The zero-order chi connectivity index (χ0) is 12.4. The van der Waals surface area contributed by atoms with Gasteiger partial charge in [-0.05, 0) is 12.1 Å². The third-order valence-electron chi connectivity index (χ3n) is 2.34. The molecule has 0 saturated heterocycles. The van der Waals surface area contributed by atoms with Gasteiger partial charge in [-0.2, -0.15) is 5.26 Å². The Morgan fingerprint density at radius 2 is 2.41 bits per heavy atom. The van der Waals surface area contributed by atoms with Crippen LogP contribution in [-0.2, 0) is 17.6 Å². The molecular weight excluding hydrogens is 286 g/mol. The topological polar surface area (TPSA) is 78.4 Å². The Kier molecular flexibility index (Phi) is 3.11. The Balaban J connectivity index is 2.61. The maximum absolute atomic E-state index is 10.7. The number of aromatic nitrogens is 2. The van der Waals surface area contributed by atoms with E-state index in [4.69, 9.17) is 10.4 Å². The molecule has 2 heterocycles. The second-order valence-corrected chi connectivity index (χ2v) is 4.40. The van der Waals surface area contributed by atoms with Gasteiger partial charge in [0.2, 0.25) is 0 Å². The van der Waals surface area contributed by atoms with Crippen molar-refractivity contribution in [2.75, 3.05) is 0 Å². The zero-order valence-corrected chi connectivity index (χ0v) is 10.3. The van der Waals surface area contributed by atoms with Gasteiger partial charge in [0.25, 0.3) is 0 Å². The van der Waals surface area contributed by atoms with Crippen molar-refractivity contribution < 1.29 is 9.90 Å². The largest absolute Gasteiger partial charge is 0.481 e. The Hall–Kier alpha value is -1.87. The lowest BCUT2D eigenvalue weighted by Gasteiger charge is -1.98. The molecule has 0 saturated carbocycles. The molecule has 6 heteroatoms. The Morgan fingerprint density at radius 1 is 1.65 bits per heavy atom. The number of imidazole rings is 1. The number of aliphatic carboxylic acids is 1. The molecule has 0 aliphatic rings. The Morgan fingerprint density at radius 3 is 3.06 bits per heavy atom. The summed E-state index contributed by atoms with van der Waals surface area (Å²) in [5.41, 5.74) is 1.72. The summed E-state index contributed by atoms with van der Waals surface area (Å²) in [6.45, 7) is 0. The van der Waals surface area contributed by atoms with Gasteiger partial charge in [0, 0.05) is 10.7 Å². The van der Waals surface area contributed by atoms with Crippen molar-refractivity contribution in [2.45, 2.75) is 12.8 Å². The van der Waals surface area contributed by atoms with Crippen LogP contribution < -0.4 is 0 Å². The number of carboxylic acid groups (broad SMARTS) is 1. The smallest absolute Gasteiger partial charge is 0.309 e. The Bertz CT molecular complexity index is 627. The minimum Gasteiger partial charge on any atom is -0.481 e. The highest BCUT2D eigenvalue weighted by Gasteiger charge is 2.14. The first kappa shape index (κ1) is 11.6. The van der Waals surface area contributed by atoms with Crippen LogP contribution in [0.25, 0.3) is 5.65 Å². The van der Waals surface area contributed by atoms with Crippen molar-refractivity contribution in [1.29, 1.82) is 5.26 Å². The van der Waals surface area contributed by atoms with Gasteiger partial charge in [0.05, 0.1) is 30.3 Å². The highest BCUT2D eigenvalue weighted by molar-refractivity contribution is 9.10. The lowest BCUT2D eigenvalue weighted by Crippen LogP contribution is -2.04. The average Bonchev–Trinajstić information content (AvgIpc) is 2.55. The molecule has 0 aromatic carbocycles. The SMILES string of the molecule is N#CCc1c(CC(=O)O)nc2cc(Br)ccn12. The number of hydrogen-bond acceptors (Lipinski definition) is 3. The zero-order valence-electron chi connectivity index (χ0n) is 8.72. The van der Waals surface area contributed by atoms with E-state index >= 15 is 0 Å². The number of fused-ring (bicyclic) bond motifs is 1. The lowest BCUT2D eigenvalue weighted by molar-refractivity contribution is -0.136. The van der Waals surface area contributed by atoms with Crippen LogP contribution in [0.3, 0.4) is 0 Å². The van der Waals surface area contributed by atoms with Gasteiger partial charge in [-0.1, -0.05) is 15.9 Å². The molecule has 5 nitrogen and oxygen atoms in total. The van der Waals surface area contributed by atoms with Crippen LogP contribution >= 0.6 is 15.9 Å². The van der Waals surface area contributed by atoms with Crippen LogP contribution in [0.2, 0.25) is 0 Å². The fourth-order valence-corrected chi connectivity index (χ4v) is 1.99. The number of halogens is 1. The molecule has 0 aliphatic carbocycles. The summed E-state index contributed by atoms with van der Waals surface area (Å²) >= 11 is 3.32. The van der Waals surface area contributed by atoms with Crippen LogP contribution in [0.1, 0.15) is 11.4 Å². The molecule has 0 amide bonds. The monoisotopic (exact) mass is 293 g/mol. The summed E-state index contributed by atoms with van der Waals surface area (Å²) in [5.74, 6) is -0.952. The van der Waals surface area contributed by atoms with Crippen molar-refractivity contribution >= 4 is 27.5 Å². The van der Waals surface area contributed by atoms with Crippen LogP contribution in [0, 0.1) is 11.3 Å². The second-order valence-electron chi connectivity index (χ2n) is 3.48. The van der Waals surface area contributed by atoms with Gasteiger partial charge >= 0.3 is 5.97 Å². The fraction of sp³-hybridized carbons (Fsp3) is 0.182. The van der Waals surface area contributed by atoms with E-state index < -0.39 is 5.97 Å². The highest BCUT2D eigenvalue weighted by Crippen LogP contribution is 2.18. The predicted octanol–water partition coefficient (Wildman–Crippen LogP) is 1.79. The van der Waals surface area contributed by atoms with Crippen molar-refractivity contribution in [3.8, 4) is 6.07 Å². The molecule has 0 spiro atoms. The number of hydrogen-bond donors (Lipinski definition) is 1. The van der Waals surface area contributed by atoms with Gasteiger partial charge in [0.15, 0.2) is 0 Å².